The van der Waals surface area contributed by atoms with Crippen molar-refractivity contribution in [3.05, 3.63) is 97.1 Å². The van der Waals surface area contributed by atoms with Crippen LogP contribution in [-0.4, -0.2) is 19.7 Å². The molecule has 0 radical (unpaired) electrons. The van der Waals surface area contributed by atoms with E-state index in [1.54, 1.807) is 0 Å². The molecule has 0 N–H and O–H groups in total. The Hall–Kier alpha value is -4.05. The van der Waals surface area contributed by atoms with Crippen molar-refractivity contribution in [3.8, 4) is 5.69 Å². The summed E-state index contributed by atoms with van der Waals surface area (Å²) in [6, 6.07) is 34.8. The highest BCUT2D eigenvalue weighted by atomic mass is 15.4. The molecule has 0 spiro atoms. The van der Waals surface area contributed by atoms with E-state index >= 15 is 0 Å². The van der Waals surface area contributed by atoms with Crippen LogP contribution in [-0.2, 0) is 5.54 Å². The standard InChI is InChI=1S/C32H30N4/c1-31(2)21-32(3,4)36-29-16-10-7-13-26(29)33-30(36)35(31)23-19-17-22(18-20-23)34-27-14-8-5-11-24(27)25-12-6-9-15-28(25)34/h5-20H,21H2,1-4H3. The van der Waals surface area contributed by atoms with E-state index in [0.717, 1.165) is 23.6 Å². The number of benzene rings is 4. The van der Waals surface area contributed by atoms with Crippen LogP contribution in [0.1, 0.15) is 34.1 Å². The summed E-state index contributed by atoms with van der Waals surface area (Å²) in [5.41, 5.74) is 6.91. The number of hydrogen-bond donors (Lipinski definition) is 0. The summed E-state index contributed by atoms with van der Waals surface area (Å²) in [5, 5.41) is 2.57. The minimum Gasteiger partial charge on any atom is -0.309 e. The lowest BCUT2D eigenvalue weighted by molar-refractivity contribution is 0.233. The maximum Gasteiger partial charge on any atom is 0.212 e. The Balaban J connectivity index is 1.40. The van der Waals surface area contributed by atoms with E-state index in [2.05, 4.69) is 139 Å². The molecule has 0 saturated carbocycles. The number of aromatic nitrogens is 3. The zero-order chi connectivity index (χ0) is 24.7. The number of anilines is 2. The fourth-order valence-electron chi connectivity index (χ4n) is 6.66. The van der Waals surface area contributed by atoms with Crippen molar-refractivity contribution in [2.75, 3.05) is 4.90 Å². The van der Waals surface area contributed by atoms with Crippen LogP contribution in [0.2, 0.25) is 0 Å². The van der Waals surface area contributed by atoms with Crippen molar-refractivity contribution in [1.82, 2.24) is 14.1 Å². The highest BCUT2D eigenvalue weighted by molar-refractivity contribution is 6.09. The molecule has 3 heterocycles. The molecule has 0 saturated heterocycles. The lowest BCUT2D eigenvalue weighted by Crippen LogP contribution is -2.52. The van der Waals surface area contributed by atoms with E-state index in [9.17, 15) is 0 Å². The number of nitrogens with zero attached hydrogens (tertiary/aromatic N) is 4. The van der Waals surface area contributed by atoms with E-state index in [1.165, 1.54) is 33.0 Å². The second-order valence-corrected chi connectivity index (χ2v) is 11.3. The summed E-state index contributed by atoms with van der Waals surface area (Å²) in [4.78, 5) is 7.56. The van der Waals surface area contributed by atoms with E-state index in [1.807, 2.05) is 0 Å². The highest BCUT2D eigenvalue weighted by Gasteiger charge is 2.44. The Kier molecular flexibility index (Phi) is 4.27. The van der Waals surface area contributed by atoms with Crippen molar-refractivity contribution < 1.29 is 0 Å². The molecule has 7 rings (SSSR count). The van der Waals surface area contributed by atoms with Gasteiger partial charge in [-0.2, -0.15) is 0 Å². The quantitative estimate of drug-likeness (QED) is 0.255. The Morgan fingerprint density at radius 2 is 1.11 bits per heavy atom. The van der Waals surface area contributed by atoms with Gasteiger partial charge in [0.05, 0.1) is 22.1 Å². The van der Waals surface area contributed by atoms with Gasteiger partial charge in [0.25, 0.3) is 0 Å². The minimum absolute atomic E-state index is 0.0334. The second kappa shape index (κ2) is 7.23. The Morgan fingerprint density at radius 3 is 1.75 bits per heavy atom. The Morgan fingerprint density at radius 1 is 0.583 bits per heavy atom. The van der Waals surface area contributed by atoms with Crippen LogP contribution in [0.5, 0.6) is 0 Å². The van der Waals surface area contributed by atoms with Crippen molar-refractivity contribution in [2.45, 2.75) is 45.2 Å². The van der Waals surface area contributed by atoms with Crippen molar-refractivity contribution in [2.24, 2.45) is 0 Å². The first kappa shape index (κ1) is 21.3. The molecule has 1 aliphatic rings. The van der Waals surface area contributed by atoms with Gasteiger partial charge >= 0.3 is 0 Å². The average molecular weight is 471 g/mol. The zero-order valence-corrected chi connectivity index (χ0v) is 21.2. The molecule has 0 atom stereocenters. The summed E-state index contributed by atoms with van der Waals surface area (Å²) in [6.45, 7) is 9.32. The summed E-state index contributed by atoms with van der Waals surface area (Å²) in [6.07, 6.45) is 1.02. The lowest BCUT2D eigenvalue weighted by atomic mass is 9.83. The molecule has 4 aromatic carbocycles. The molecular weight excluding hydrogens is 440 g/mol. The van der Waals surface area contributed by atoms with Gasteiger partial charge in [0, 0.05) is 33.2 Å². The fraction of sp³-hybridized carbons (Fsp3) is 0.219. The fourth-order valence-corrected chi connectivity index (χ4v) is 6.66. The molecule has 4 nitrogen and oxygen atoms in total. The number of fused-ring (bicyclic) bond motifs is 6. The highest BCUT2D eigenvalue weighted by Crippen LogP contribution is 2.47. The van der Waals surface area contributed by atoms with Gasteiger partial charge in [0.2, 0.25) is 5.95 Å². The van der Waals surface area contributed by atoms with Crippen LogP contribution in [0.15, 0.2) is 97.1 Å². The molecule has 2 aromatic heterocycles. The van der Waals surface area contributed by atoms with Crippen LogP contribution in [0.4, 0.5) is 11.6 Å². The molecule has 0 bridgehead atoms. The molecule has 6 aromatic rings. The molecule has 178 valence electrons. The van der Waals surface area contributed by atoms with E-state index in [-0.39, 0.29) is 11.1 Å². The first-order valence-corrected chi connectivity index (χ1v) is 12.7. The van der Waals surface area contributed by atoms with Gasteiger partial charge in [-0.25, -0.2) is 4.98 Å². The van der Waals surface area contributed by atoms with Crippen LogP contribution in [0, 0.1) is 0 Å². The van der Waals surface area contributed by atoms with Gasteiger partial charge in [-0.15, -0.1) is 0 Å². The molecule has 1 aliphatic heterocycles. The Labute approximate surface area is 211 Å². The largest absolute Gasteiger partial charge is 0.309 e. The van der Waals surface area contributed by atoms with Crippen LogP contribution < -0.4 is 4.90 Å². The van der Waals surface area contributed by atoms with E-state index in [0.29, 0.717) is 0 Å². The number of rotatable bonds is 2. The molecule has 4 heteroatoms. The molecular formula is C32H30N4. The first-order valence-electron chi connectivity index (χ1n) is 12.7. The zero-order valence-electron chi connectivity index (χ0n) is 21.2. The van der Waals surface area contributed by atoms with Crippen molar-refractivity contribution in [1.29, 1.82) is 0 Å². The predicted octanol–water partition coefficient (Wildman–Crippen LogP) is 8.19. The van der Waals surface area contributed by atoms with Gasteiger partial charge in [0.1, 0.15) is 0 Å². The normalized spacial score (nSPS) is 16.6. The topological polar surface area (TPSA) is 26.0 Å². The monoisotopic (exact) mass is 470 g/mol. The summed E-state index contributed by atoms with van der Waals surface area (Å²) >= 11 is 0. The van der Waals surface area contributed by atoms with Crippen LogP contribution in [0.25, 0.3) is 38.5 Å². The van der Waals surface area contributed by atoms with E-state index in [4.69, 9.17) is 4.98 Å². The second-order valence-electron chi connectivity index (χ2n) is 11.3. The summed E-state index contributed by atoms with van der Waals surface area (Å²) in [5.74, 6) is 1.02. The van der Waals surface area contributed by atoms with Gasteiger partial charge < -0.3 is 14.0 Å². The van der Waals surface area contributed by atoms with Crippen LogP contribution in [0.3, 0.4) is 0 Å². The minimum atomic E-state index is -0.0881. The smallest absolute Gasteiger partial charge is 0.212 e. The van der Waals surface area contributed by atoms with Crippen LogP contribution >= 0.6 is 0 Å². The molecule has 0 unspecified atom stereocenters. The molecule has 0 fully saturated rings. The SMILES string of the molecule is CC1(C)CC(C)(C)n2c(nc3ccccc32)N1c1ccc(-n2c3ccccc3c3ccccc32)cc1. The summed E-state index contributed by atoms with van der Waals surface area (Å²) < 4.78 is 4.79. The maximum atomic E-state index is 5.14. The third-order valence-corrected chi connectivity index (χ3v) is 7.77. The number of imidazole rings is 1. The number of hydrogen-bond acceptors (Lipinski definition) is 2. The van der Waals surface area contributed by atoms with Gasteiger partial charge in [-0.3, -0.25) is 0 Å². The lowest BCUT2D eigenvalue weighted by Gasteiger charge is -2.50. The van der Waals surface area contributed by atoms with Crippen molar-refractivity contribution >= 4 is 44.5 Å². The van der Waals surface area contributed by atoms with Gasteiger partial charge in [-0.05, 0) is 82.6 Å². The van der Waals surface area contributed by atoms with E-state index < -0.39 is 0 Å². The summed E-state index contributed by atoms with van der Waals surface area (Å²) in [7, 11) is 0. The third-order valence-electron chi connectivity index (χ3n) is 7.77. The molecule has 36 heavy (non-hydrogen) atoms. The number of para-hydroxylation sites is 4. The van der Waals surface area contributed by atoms with Gasteiger partial charge in [-0.1, -0.05) is 48.5 Å². The molecule has 0 aliphatic carbocycles. The molecule has 0 amide bonds. The predicted molar refractivity (Wildman–Crippen MR) is 151 cm³/mol. The third kappa shape index (κ3) is 2.91. The first-order chi connectivity index (χ1) is 17.4. The van der Waals surface area contributed by atoms with Crippen molar-refractivity contribution in [3.63, 3.8) is 0 Å². The van der Waals surface area contributed by atoms with Gasteiger partial charge in [0.15, 0.2) is 0 Å². The average Bonchev–Trinajstić information content (AvgIpc) is 3.40. The Bertz CT molecular complexity index is 1710. The maximum absolute atomic E-state index is 5.14.